The van der Waals surface area contributed by atoms with Gasteiger partial charge in [-0.3, -0.25) is 4.98 Å². The molecule has 9 heteroatoms. The summed E-state index contributed by atoms with van der Waals surface area (Å²) < 4.78 is 3.86. The van der Waals surface area contributed by atoms with Crippen molar-refractivity contribution in [2.45, 2.75) is 0 Å². The molecule has 1 aliphatic rings. The second-order valence-electron chi connectivity index (χ2n) is 5.84. The number of benzene rings is 1. The van der Waals surface area contributed by atoms with Crippen LogP contribution < -0.4 is 10.2 Å². The zero-order valence-corrected chi connectivity index (χ0v) is 14.8. The highest BCUT2D eigenvalue weighted by Gasteiger charge is 2.22. The van der Waals surface area contributed by atoms with E-state index >= 15 is 0 Å². The molecule has 1 aliphatic heterocycles. The largest absolute Gasteiger partial charge is 0.352 e. The second-order valence-corrected chi connectivity index (χ2v) is 6.45. The first kappa shape index (κ1) is 16.4. The number of urea groups is 1. The van der Waals surface area contributed by atoms with Gasteiger partial charge < -0.3 is 15.1 Å². The van der Waals surface area contributed by atoms with Gasteiger partial charge in [0.25, 0.3) is 0 Å². The number of rotatable bonds is 3. The average Bonchev–Trinajstić information content (AvgIpc) is 3.24. The molecule has 1 saturated heterocycles. The maximum Gasteiger partial charge on any atom is 0.321 e. The number of anilines is 2. The Balaban J connectivity index is 1.33. The summed E-state index contributed by atoms with van der Waals surface area (Å²) in [6.07, 6.45) is 5.08. The first-order chi connectivity index (χ1) is 12.8. The Morgan fingerprint density at radius 1 is 1.08 bits per heavy atom. The Morgan fingerprint density at radius 2 is 1.88 bits per heavy atom. The lowest BCUT2D eigenvalue weighted by Gasteiger charge is -2.35. The molecule has 26 heavy (non-hydrogen) atoms. The van der Waals surface area contributed by atoms with Gasteiger partial charge in [-0.15, -0.1) is 5.10 Å². The monoisotopic (exact) mass is 367 g/mol. The zero-order valence-electron chi connectivity index (χ0n) is 13.9. The highest BCUT2D eigenvalue weighted by atomic mass is 32.1. The Labute approximate surface area is 154 Å². The second kappa shape index (κ2) is 7.44. The van der Waals surface area contributed by atoms with E-state index in [1.807, 2.05) is 34.5 Å². The van der Waals surface area contributed by atoms with Gasteiger partial charge in [0, 0.05) is 55.2 Å². The van der Waals surface area contributed by atoms with Crippen LogP contribution in [0, 0.1) is 0 Å². The fourth-order valence-corrected chi connectivity index (χ4v) is 3.28. The molecule has 8 nitrogen and oxygen atoms in total. The van der Waals surface area contributed by atoms with Crippen molar-refractivity contribution in [3.63, 3.8) is 0 Å². The van der Waals surface area contributed by atoms with E-state index in [0.717, 1.165) is 35.9 Å². The summed E-state index contributed by atoms with van der Waals surface area (Å²) in [6.45, 7) is 2.76. The van der Waals surface area contributed by atoms with Crippen LogP contribution in [0.15, 0.2) is 48.2 Å². The molecule has 1 aromatic carbocycles. The molecule has 1 N–H and O–H groups in total. The Hall–Kier alpha value is -3.07. The van der Waals surface area contributed by atoms with Crippen molar-refractivity contribution in [2.24, 2.45) is 0 Å². The molecule has 3 heterocycles. The van der Waals surface area contributed by atoms with Gasteiger partial charge in [-0.25, -0.2) is 9.78 Å². The quantitative estimate of drug-likeness (QED) is 0.765. The molecule has 0 saturated carbocycles. The lowest BCUT2D eigenvalue weighted by Crippen LogP contribution is -2.50. The first-order valence-electron chi connectivity index (χ1n) is 8.24. The number of nitrogens with zero attached hydrogens (tertiary/aromatic N) is 6. The number of aromatic nitrogens is 4. The summed E-state index contributed by atoms with van der Waals surface area (Å²) >= 11 is 1.32. The molecule has 132 valence electrons. The lowest BCUT2D eigenvalue weighted by molar-refractivity contribution is 0.208. The van der Waals surface area contributed by atoms with Crippen molar-refractivity contribution >= 4 is 29.1 Å². The predicted molar refractivity (Wildman–Crippen MR) is 100 cm³/mol. The number of piperazine rings is 1. The van der Waals surface area contributed by atoms with E-state index in [9.17, 15) is 4.79 Å². The van der Waals surface area contributed by atoms with Gasteiger partial charge in [0.1, 0.15) is 11.5 Å². The van der Waals surface area contributed by atoms with E-state index in [-0.39, 0.29) is 6.03 Å². The molecule has 3 aromatic rings. The summed E-state index contributed by atoms with van der Waals surface area (Å²) in [6, 6.07) is 7.52. The number of carbonyl (C=O) groups excluding carboxylic acids is 1. The van der Waals surface area contributed by atoms with Gasteiger partial charge >= 0.3 is 6.03 Å². The molecule has 0 aliphatic carbocycles. The first-order valence-corrected chi connectivity index (χ1v) is 9.07. The number of hydrogen-bond acceptors (Lipinski definition) is 7. The predicted octanol–water partition coefficient (Wildman–Crippen LogP) is 2.35. The van der Waals surface area contributed by atoms with E-state index < -0.39 is 0 Å². The SMILES string of the molecule is O=C(Nc1ccc(-c2csnn2)cc1)N1CCN(c2cnccn2)CC1. The van der Waals surface area contributed by atoms with E-state index in [1.54, 1.807) is 18.6 Å². The molecule has 1 fully saturated rings. The minimum absolute atomic E-state index is 0.0909. The molecule has 0 unspecified atom stereocenters. The summed E-state index contributed by atoms with van der Waals surface area (Å²) in [5, 5.41) is 8.88. The van der Waals surface area contributed by atoms with Crippen molar-refractivity contribution < 1.29 is 4.79 Å². The van der Waals surface area contributed by atoms with Crippen LogP contribution in [-0.2, 0) is 0 Å². The number of nitrogens with one attached hydrogen (secondary N) is 1. The smallest absolute Gasteiger partial charge is 0.321 e. The molecule has 2 aromatic heterocycles. The standard InChI is InChI=1S/C17H17N7OS/c25-17(20-14-3-1-13(2-4-14)15-12-26-22-21-15)24-9-7-23(8-10-24)16-11-18-5-6-19-16/h1-6,11-12H,7-10H2,(H,20,25). The molecule has 0 spiro atoms. The Kier molecular flexibility index (Phi) is 4.69. The number of carbonyl (C=O) groups is 1. The minimum Gasteiger partial charge on any atom is -0.352 e. The highest BCUT2D eigenvalue weighted by Crippen LogP contribution is 2.20. The van der Waals surface area contributed by atoms with E-state index in [2.05, 4.69) is 29.8 Å². The fourth-order valence-electron chi connectivity index (χ4n) is 2.81. The molecule has 4 rings (SSSR count). The maximum absolute atomic E-state index is 12.5. The highest BCUT2D eigenvalue weighted by molar-refractivity contribution is 7.03. The molecular formula is C17H17N7OS. The Morgan fingerprint density at radius 3 is 2.54 bits per heavy atom. The molecular weight excluding hydrogens is 350 g/mol. The Bertz CT molecular complexity index is 847. The van der Waals surface area contributed by atoms with Crippen molar-refractivity contribution in [3.05, 3.63) is 48.2 Å². The number of amides is 2. The summed E-state index contributed by atoms with van der Waals surface area (Å²) in [4.78, 5) is 24.8. The summed E-state index contributed by atoms with van der Waals surface area (Å²) in [5.41, 5.74) is 2.58. The normalized spacial score (nSPS) is 14.3. The van der Waals surface area contributed by atoms with E-state index in [4.69, 9.17) is 0 Å². The van der Waals surface area contributed by atoms with E-state index in [1.165, 1.54) is 11.5 Å². The van der Waals surface area contributed by atoms with Crippen LogP contribution in [-0.4, -0.2) is 56.7 Å². The third-order valence-electron chi connectivity index (χ3n) is 4.23. The third-order valence-corrected chi connectivity index (χ3v) is 4.74. The zero-order chi connectivity index (χ0) is 17.8. The van der Waals surface area contributed by atoms with Crippen molar-refractivity contribution in [1.29, 1.82) is 0 Å². The van der Waals surface area contributed by atoms with Gasteiger partial charge in [0.2, 0.25) is 0 Å². The van der Waals surface area contributed by atoms with Gasteiger partial charge in [-0.2, -0.15) is 0 Å². The summed E-state index contributed by atoms with van der Waals surface area (Å²) in [5.74, 6) is 0.847. The molecule has 0 atom stereocenters. The summed E-state index contributed by atoms with van der Waals surface area (Å²) in [7, 11) is 0. The van der Waals surface area contributed by atoms with Crippen LogP contribution >= 0.6 is 11.5 Å². The van der Waals surface area contributed by atoms with Crippen LogP contribution in [0.1, 0.15) is 0 Å². The number of hydrogen-bond donors (Lipinski definition) is 1. The van der Waals surface area contributed by atoms with Gasteiger partial charge in [-0.05, 0) is 23.7 Å². The van der Waals surface area contributed by atoms with Crippen LogP contribution in [0.5, 0.6) is 0 Å². The molecule has 2 amide bonds. The lowest BCUT2D eigenvalue weighted by atomic mass is 10.1. The fraction of sp³-hybridized carbons (Fsp3) is 0.235. The van der Waals surface area contributed by atoms with Crippen LogP contribution in [0.3, 0.4) is 0 Å². The van der Waals surface area contributed by atoms with Gasteiger partial charge in [0.05, 0.1) is 6.20 Å². The minimum atomic E-state index is -0.0909. The molecule has 0 bridgehead atoms. The van der Waals surface area contributed by atoms with Crippen LogP contribution in [0.4, 0.5) is 16.3 Å². The average molecular weight is 367 g/mol. The molecule has 0 radical (unpaired) electrons. The van der Waals surface area contributed by atoms with Crippen molar-refractivity contribution in [1.82, 2.24) is 24.5 Å². The maximum atomic E-state index is 12.5. The van der Waals surface area contributed by atoms with Crippen molar-refractivity contribution in [3.8, 4) is 11.3 Å². The topological polar surface area (TPSA) is 87.1 Å². The van der Waals surface area contributed by atoms with Crippen molar-refractivity contribution in [2.75, 3.05) is 36.4 Å². The van der Waals surface area contributed by atoms with E-state index in [0.29, 0.717) is 13.1 Å². The third kappa shape index (κ3) is 3.62. The van der Waals surface area contributed by atoms with Gasteiger partial charge in [-0.1, -0.05) is 16.6 Å². The van der Waals surface area contributed by atoms with Gasteiger partial charge in [0.15, 0.2) is 0 Å². The van der Waals surface area contributed by atoms with Crippen LogP contribution in [0.2, 0.25) is 0 Å². The van der Waals surface area contributed by atoms with Crippen LogP contribution in [0.25, 0.3) is 11.3 Å².